The van der Waals surface area contributed by atoms with Crippen LogP contribution in [0.1, 0.15) is 18.9 Å². The maximum atomic E-state index is 3.44. The molecular weight excluding hydrogens is 134 g/mol. The van der Waals surface area contributed by atoms with Gasteiger partial charge in [0.15, 0.2) is 0 Å². The van der Waals surface area contributed by atoms with E-state index in [9.17, 15) is 0 Å². The Morgan fingerprint density at radius 3 is 2.36 bits per heavy atom. The fourth-order valence-corrected chi connectivity index (χ4v) is 1.55. The molecule has 11 heavy (non-hydrogen) atoms. The fraction of sp³-hybridized carbons (Fsp3) is 0.400. The van der Waals surface area contributed by atoms with Gasteiger partial charge in [-0.1, -0.05) is 30.3 Å². The second-order valence-electron chi connectivity index (χ2n) is 3.37. The zero-order valence-corrected chi connectivity index (χ0v) is 6.80. The van der Waals surface area contributed by atoms with Crippen LogP contribution in [-0.4, -0.2) is 6.54 Å². The van der Waals surface area contributed by atoms with Crippen LogP contribution in [0.3, 0.4) is 0 Å². The molecule has 1 saturated heterocycles. The van der Waals surface area contributed by atoms with Crippen molar-refractivity contribution in [2.45, 2.75) is 18.9 Å². The third kappa shape index (κ3) is 1.05. The van der Waals surface area contributed by atoms with Gasteiger partial charge in [0.2, 0.25) is 0 Å². The van der Waals surface area contributed by atoms with Crippen LogP contribution >= 0.6 is 0 Å². The van der Waals surface area contributed by atoms with Crippen molar-refractivity contribution >= 4 is 0 Å². The second-order valence-corrected chi connectivity index (χ2v) is 3.37. The van der Waals surface area contributed by atoms with Crippen LogP contribution in [0, 0.1) is 0 Å². The first-order chi connectivity index (χ1) is 5.31. The Hall–Kier alpha value is -0.820. The van der Waals surface area contributed by atoms with E-state index in [0.717, 1.165) is 6.54 Å². The zero-order chi connectivity index (χ0) is 7.73. The molecule has 1 aliphatic heterocycles. The number of hydrogen-bond acceptors (Lipinski definition) is 1. The van der Waals surface area contributed by atoms with Crippen molar-refractivity contribution in [3.05, 3.63) is 35.9 Å². The van der Waals surface area contributed by atoms with Gasteiger partial charge in [-0.2, -0.15) is 0 Å². The highest BCUT2D eigenvalue weighted by Gasteiger charge is 2.32. The Labute approximate surface area is 67.4 Å². The molecule has 1 aromatic rings. The standard InChI is InChI=1S/C10H13N/c1-10(7-8-11-10)9-5-3-2-4-6-9/h2-6,11H,7-8H2,1H3. The Bertz CT molecular complexity index is 236. The lowest BCUT2D eigenvalue weighted by molar-refractivity contribution is 0.237. The van der Waals surface area contributed by atoms with E-state index in [1.54, 1.807) is 0 Å². The predicted molar refractivity (Wildman–Crippen MR) is 46.4 cm³/mol. The second kappa shape index (κ2) is 2.35. The summed E-state index contributed by atoms with van der Waals surface area (Å²) in [6, 6.07) is 10.6. The number of benzene rings is 1. The lowest BCUT2D eigenvalue weighted by atomic mass is 9.83. The summed E-state index contributed by atoms with van der Waals surface area (Å²) < 4.78 is 0. The van der Waals surface area contributed by atoms with Crippen LogP contribution < -0.4 is 5.32 Å². The molecule has 0 amide bonds. The summed E-state index contributed by atoms with van der Waals surface area (Å²) in [6.07, 6.45) is 1.26. The lowest BCUT2D eigenvalue weighted by Crippen LogP contribution is -2.51. The minimum Gasteiger partial charge on any atom is -0.307 e. The molecule has 1 heteroatoms. The molecule has 1 unspecified atom stereocenters. The molecule has 2 rings (SSSR count). The van der Waals surface area contributed by atoms with E-state index >= 15 is 0 Å². The van der Waals surface area contributed by atoms with Crippen LogP contribution in [0.2, 0.25) is 0 Å². The van der Waals surface area contributed by atoms with E-state index in [-0.39, 0.29) is 5.54 Å². The minimum absolute atomic E-state index is 0.265. The number of rotatable bonds is 1. The molecule has 0 radical (unpaired) electrons. The fourth-order valence-electron chi connectivity index (χ4n) is 1.55. The Morgan fingerprint density at radius 1 is 1.27 bits per heavy atom. The summed E-state index contributed by atoms with van der Waals surface area (Å²) in [6.45, 7) is 3.41. The molecule has 1 nitrogen and oxygen atoms in total. The zero-order valence-electron chi connectivity index (χ0n) is 6.80. The molecule has 0 aromatic heterocycles. The van der Waals surface area contributed by atoms with Crippen molar-refractivity contribution in [2.24, 2.45) is 0 Å². The van der Waals surface area contributed by atoms with Gasteiger partial charge in [-0.05, 0) is 25.5 Å². The van der Waals surface area contributed by atoms with Crippen LogP contribution in [0.25, 0.3) is 0 Å². The van der Waals surface area contributed by atoms with E-state index in [0.29, 0.717) is 0 Å². The molecule has 1 aromatic carbocycles. The van der Waals surface area contributed by atoms with Gasteiger partial charge in [0.25, 0.3) is 0 Å². The molecular formula is C10H13N. The van der Waals surface area contributed by atoms with E-state index in [1.165, 1.54) is 12.0 Å². The van der Waals surface area contributed by atoms with E-state index in [1.807, 2.05) is 0 Å². The summed E-state index contributed by atoms with van der Waals surface area (Å²) >= 11 is 0. The molecule has 1 fully saturated rings. The van der Waals surface area contributed by atoms with Crippen molar-refractivity contribution in [1.29, 1.82) is 0 Å². The topological polar surface area (TPSA) is 12.0 Å². The monoisotopic (exact) mass is 147 g/mol. The van der Waals surface area contributed by atoms with Gasteiger partial charge in [0.1, 0.15) is 0 Å². The molecule has 0 bridgehead atoms. The van der Waals surface area contributed by atoms with Crippen LogP contribution in [0.15, 0.2) is 30.3 Å². The number of hydrogen-bond donors (Lipinski definition) is 1. The highest BCUT2D eigenvalue weighted by molar-refractivity contribution is 5.25. The van der Waals surface area contributed by atoms with Crippen molar-refractivity contribution in [3.8, 4) is 0 Å². The quantitative estimate of drug-likeness (QED) is 0.639. The average Bonchev–Trinajstić information content (AvgIpc) is 2.02. The molecule has 0 spiro atoms. The minimum atomic E-state index is 0.265. The smallest absolute Gasteiger partial charge is 0.0418 e. The molecule has 1 atom stereocenters. The maximum Gasteiger partial charge on any atom is 0.0418 e. The van der Waals surface area contributed by atoms with Gasteiger partial charge in [-0.3, -0.25) is 0 Å². The average molecular weight is 147 g/mol. The molecule has 1 aliphatic rings. The molecule has 0 saturated carbocycles. The Morgan fingerprint density at radius 2 is 1.91 bits per heavy atom. The Balaban J connectivity index is 2.29. The summed E-state index contributed by atoms with van der Waals surface area (Å²) in [5.41, 5.74) is 1.67. The molecule has 1 N–H and O–H groups in total. The normalized spacial score (nSPS) is 29.5. The largest absolute Gasteiger partial charge is 0.307 e. The molecule has 0 aliphatic carbocycles. The van der Waals surface area contributed by atoms with Gasteiger partial charge in [0, 0.05) is 5.54 Å². The first-order valence-electron chi connectivity index (χ1n) is 4.12. The maximum absolute atomic E-state index is 3.44. The van der Waals surface area contributed by atoms with Crippen molar-refractivity contribution in [1.82, 2.24) is 5.32 Å². The van der Waals surface area contributed by atoms with Crippen molar-refractivity contribution in [3.63, 3.8) is 0 Å². The first kappa shape index (κ1) is 6.86. The van der Waals surface area contributed by atoms with Crippen molar-refractivity contribution in [2.75, 3.05) is 6.54 Å². The molecule has 58 valence electrons. The lowest BCUT2D eigenvalue weighted by Gasteiger charge is -2.40. The highest BCUT2D eigenvalue weighted by Crippen LogP contribution is 2.29. The summed E-state index contributed by atoms with van der Waals surface area (Å²) in [4.78, 5) is 0. The van der Waals surface area contributed by atoms with E-state index < -0.39 is 0 Å². The third-order valence-electron chi connectivity index (χ3n) is 2.55. The summed E-state index contributed by atoms with van der Waals surface area (Å²) in [5.74, 6) is 0. The van der Waals surface area contributed by atoms with Gasteiger partial charge < -0.3 is 5.32 Å². The SMILES string of the molecule is CC1(c2ccccc2)CCN1. The van der Waals surface area contributed by atoms with E-state index in [4.69, 9.17) is 0 Å². The van der Waals surface area contributed by atoms with Gasteiger partial charge in [0.05, 0.1) is 0 Å². The van der Waals surface area contributed by atoms with Gasteiger partial charge in [-0.25, -0.2) is 0 Å². The third-order valence-corrected chi connectivity index (χ3v) is 2.55. The summed E-state index contributed by atoms with van der Waals surface area (Å²) in [7, 11) is 0. The van der Waals surface area contributed by atoms with Crippen LogP contribution in [0.5, 0.6) is 0 Å². The van der Waals surface area contributed by atoms with Crippen molar-refractivity contribution < 1.29 is 0 Å². The first-order valence-corrected chi connectivity index (χ1v) is 4.12. The predicted octanol–water partition coefficient (Wildman–Crippen LogP) is 1.90. The molecule has 1 heterocycles. The Kier molecular flexibility index (Phi) is 1.46. The summed E-state index contributed by atoms with van der Waals surface area (Å²) in [5, 5.41) is 3.44. The van der Waals surface area contributed by atoms with Crippen LogP contribution in [0.4, 0.5) is 0 Å². The number of nitrogens with one attached hydrogen (secondary N) is 1. The van der Waals surface area contributed by atoms with Gasteiger partial charge >= 0.3 is 0 Å². The van der Waals surface area contributed by atoms with Crippen LogP contribution in [-0.2, 0) is 5.54 Å². The van der Waals surface area contributed by atoms with Gasteiger partial charge in [-0.15, -0.1) is 0 Å². The highest BCUT2D eigenvalue weighted by atomic mass is 15.0. The van der Waals surface area contributed by atoms with E-state index in [2.05, 4.69) is 42.6 Å².